The van der Waals surface area contributed by atoms with E-state index in [4.69, 9.17) is 5.11 Å². The number of hydrogen-bond acceptors (Lipinski definition) is 4. The second kappa shape index (κ2) is 7.22. The van der Waals surface area contributed by atoms with Gasteiger partial charge in [0.15, 0.2) is 0 Å². The predicted molar refractivity (Wildman–Crippen MR) is 71.9 cm³/mol. The molecule has 1 saturated heterocycles. The van der Waals surface area contributed by atoms with Crippen molar-refractivity contribution >= 4 is 29.7 Å². The fourth-order valence-corrected chi connectivity index (χ4v) is 3.19. The minimum atomic E-state index is -0.986. The van der Waals surface area contributed by atoms with E-state index in [1.807, 2.05) is 6.92 Å². The van der Waals surface area contributed by atoms with E-state index in [2.05, 4.69) is 10.6 Å². The third-order valence-corrected chi connectivity index (χ3v) is 4.19. The summed E-state index contributed by atoms with van der Waals surface area (Å²) in [5.74, 6) is -0.742. The van der Waals surface area contributed by atoms with Crippen LogP contribution in [0.4, 0.5) is 4.79 Å². The van der Waals surface area contributed by atoms with Crippen LogP contribution >= 0.6 is 11.8 Å². The summed E-state index contributed by atoms with van der Waals surface area (Å²) in [5.41, 5.74) is 0. The molecule has 0 aliphatic carbocycles. The Morgan fingerprint density at radius 3 is 2.47 bits per heavy atom. The molecule has 8 heteroatoms. The van der Waals surface area contributed by atoms with Crippen LogP contribution in [0.15, 0.2) is 0 Å². The summed E-state index contributed by atoms with van der Waals surface area (Å²) in [5, 5.41) is 14.2. The van der Waals surface area contributed by atoms with Crippen molar-refractivity contribution in [2.45, 2.75) is 31.7 Å². The van der Waals surface area contributed by atoms with Gasteiger partial charge in [-0.1, -0.05) is 6.92 Å². The molecule has 0 aromatic heterocycles. The van der Waals surface area contributed by atoms with Crippen LogP contribution in [0.1, 0.15) is 20.3 Å². The number of amides is 3. The highest BCUT2D eigenvalue weighted by atomic mass is 32.2. The molecule has 2 unspecified atom stereocenters. The summed E-state index contributed by atoms with van der Waals surface area (Å²) in [6.07, 6.45) is 0.702. The van der Waals surface area contributed by atoms with Crippen molar-refractivity contribution in [3.63, 3.8) is 0 Å². The molecule has 1 aliphatic rings. The van der Waals surface area contributed by atoms with Crippen LogP contribution < -0.4 is 10.6 Å². The minimum Gasteiger partial charge on any atom is -0.480 e. The monoisotopic (exact) mass is 289 g/mol. The first kappa shape index (κ1) is 15.6. The maximum atomic E-state index is 12.0. The molecule has 19 heavy (non-hydrogen) atoms. The number of aliphatic carboxylic acids is 1. The topological polar surface area (TPSA) is 98.7 Å². The molecule has 1 heterocycles. The summed E-state index contributed by atoms with van der Waals surface area (Å²) in [6.45, 7) is 3.92. The fourth-order valence-electron chi connectivity index (χ4n) is 1.84. The van der Waals surface area contributed by atoms with Crippen LogP contribution in [0, 0.1) is 0 Å². The molecule has 2 atom stereocenters. The number of carbonyl (C=O) groups excluding carboxylic acids is 2. The Bertz CT molecular complexity index is 364. The smallest absolute Gasteiger partial charge is 0.327 e. The number of nitrogens with one attached hydrogen (secondary N) is 2. The Labute approximate surface area is 116 Å². The Morgan fingerprint density at radius 2 is 1.95 bits per heavy atom. The van der Waals surface area contributed by atoms with Crippen molar-refractivity contribution in [3.8, 4) is 0 Å². The SMILES string of the molecule is CCC1SCC(C(=O)O)N1C(=O)NCCNC(C)=O. The lowest BCUT2D eigenvalue weighted by Gasteiger charge is -2.26. The van der Waals surface area contributed by atoms with Crippen molar-refractivity contribution in [1.29, 1.82) is 0 Å². The Morgan fingerprint density at radius 1 is 1.32 bits per heavy atom. The highest BCUT2D eigenvalue weighted by Gasteiger charge is 2.40. The second-order valence-electron chi connectivity index (χ2n) is 4.17. The molecule has 7 nitrogen and oxygen atoms in total. The fraction of sp³-hybridized carbons (Fsp3) is 0.727. The normalized spacial score (nSPS) is 22.1. The Kier molecular flexibility index (Phi) is 5.94. The number of hydrogen-bond donors (Lipinski definition) is 3. The molecule has 0 aromatic carbocycles. The first-order valence-electron chi connectivity index (χ1n) is 6.12. The van der Waals surface area contributed by atoms with Gasteiger partial charge < -0.3 is 15.7 Å². The van der Waals surface area contributed by atoms with E-state index >= 15 is 0 Å². The summed E-state index contributed by atoms with van der Waals surface area (Å²) in [4.78, 5) is 35.1. The Hall–Kier alpha value is -1.44. The van der Waals surface area contributed by atoms with Crippen molar-refractivity contribution in [3.05, 3.63) is 0 Å². The molecule has 1 aliphatic heterocycles. The molecule has 3 N–H and O–H groups in total. The zero-order chi connectivity index (χ0) is 14.4. The first-order valence-corrected chi connectivity index (χ1v) is 7.17. The van der Waals surface area contributed by atoms with Gasteiger partial charge in [0.05, 0.1) is 5.37 Å². The number of rotatable bonds is 5. The van der Waals surface area contributed by atoms with Gasteiger partial charge in [-0.15, -0.1) is 11.8 Å². The number of carbonyl (C=O) groups is 3. The average molecular weight is 289 g/mol. The van der Waals surface area contributed by atoms with Crippen LogP contribution in [-0.2, 0) is 9.59 Å². The number of thioether (sulfide) groups is 1. The lowest BCUT2D eigenvalue weighted by Crippen LogP contribution is -2.51. The molecule has 0 spiro atoms. The van der Waals surface area contributed by atoms with Crippen LogP contribution in [0.5, 0.6) is 0 Å². The number of carboxylic acid groups (broad SMARTS) is 1. The van der Waals surface area contributed by atoms with Crippen molar-refractivity contribution in [1.82, 2.24) is 15.5 Å². The van der Waals surface area contributed by atoms with Crippen molar-refractivity contribution in [2.24, 2.45) is 0 Å². The van der Waals surface area contributed by atoms with E-state index in [9.17, 15) is 14.4 Å². The maximum absolute atomic E-state index is 12.0. The Balaban J connectivity index is 2.51. The summed E-state index contributed by atoms with van der Waals surface area (Å²) < 4.78 is 0. The summed E-state index contributed by atoms with van der Waals surface area (Å²) in [6, 6.07) is -1.18. The number of carboxylic acids is 1. The molecule has 0 radical (unpaired) electrons. The van der Waals surface area contributed by atoms with Gasteiger partial charge in [-0.25, -0.2) is 9.59 Å². The molecule has 0 bridgehead atoms. The molecule has 1 rings (SSSR count). The van der Waals surface area contributed by atoms with E-state index in [0.29, 0.717) is 18.7 Å². The quantitative estimate of drug-likeness (QED) is 0.622. The second-order valence-corrected chi connectivity index (χ2v) is 5.38. The van der Waals surface area contributed by atoms with Gasteiger partial charge in [-0.05, 0) is 6.42 Å². The van der Waals surface area contributed by atoms with E-state index in [1.54, 1.807) is 0 Å². The van der Waals surface area contributed by atoms with E-state index in [-0.39, 0.29) is 17.8 Å². The number of nitrogens with zero attached hydrogens (tertiary/aromatic N) is 1. The molecule has 0 aromatic rings. The molecule has 108 valence electrons. The van der Waals surface area contributed by atoms with Crippen molar-refractivity contribution in [2.75, 3.05) is 18.8 Å². The molecule has 0 saturated carbocycles. The van der Waals surface area contributed by atoms with Crippen LogP contribution in [0.25, 0.3) is 0 Å². The minimum absolute atomic E-state index is 0.109. The van der Waals surface area contributed by atoms with Gasteiger partial charge >= 0.3 is 12.0 Å². The predicted octanol–water partition coefficient (Wildman–Crippen LogP) is 0.0702. The van der Waals surface area contributed by atoms with E-state index < -0.39 is 18.0 Å². The summed E-state index contributed by atoms with van der Waals surface area (Å²) in [7, 11) is 0. The zero-order valence-electron chi connectivity index (χ0n) is 11.0. The van der Waals surface area contributed by atoms with Crippen molar-refractivity contribution < 1.29 is 19.5 Å². The standard InChI is InChI=1S/C11H19N3O4S/c1-3-9-14(8(6-19-9)10(16)17)11(18)13-5-4-12-7(2)15/h8-9H,3-6H2,1-2H3,(H,12,15)(H,13,18)(H,16,17). The van der Waals surface area contributed by atoms with Crippen LogP contribution in [-0.4, -0.2) is 58.2 Å². The molecular weight excluding hydrogens is 270 g/mol. The maximum Gasteiger partial charge on any atom is 0.327 e. The molecule has 1 fully saturated rings. The largest absolute Gasteiger partial charge is 0.480 e. The van der Waals surface area contributed by atoms with Gasteiger partial charge in [0.2, 0.25) is 5.91 Å². The first-order chi connectivity index (χ1) is 8.97. The number of urea groups is 1. The van der Waals surface area contributed by atoms with E-state index in [0.717, 1.165) is 0 Å². The van der Waals surface area contributed by atoms with Gasteiger partial charge in [-0.2, -0.15) is 0 Å². The third-order valence-electron chi connectivity index (χ3n) is 2.74. The average Bonchev–Trinajstić information content (AvgIpc) is 2.77. The lowest BCUT2D eigenvalue weighted by atomic mass is 10.3. The van der Waals surface area contributed by atoms with Crippen LogP contribution in [0.2, 0.25) is 0 Å². The molecule has 3 amide bonds. The lowest BCUT2D eigenvalue weighted by molar-refractivity contribution is -0.141. The third kappa shape index (κ3) is 4.30. The molecular formula is C11H19N3O4S. The zero-order valence-corrected chi connectivity index (χ0v) is 11.8. The van der Waals surface area contributed by atoms with Gasteiger partial charge in [-0.3, -0.25) is 9.69 Å². The highest BCUT2D eigenvalue weighted by Crippen LogP contribution is 2.31. The van der Waals surface area contributed by atoms with Crippen LogP contribution in [0.3, 0.4) is 0 Å². The van der Waals surface area contributed by atoms with Gasteiger partial charge in [0.25, 0.3) is 0 Å². The summed E-state index contributed by atoms with van der Waals surface area (Å²) >= 11 is 1.47. The van der Waals surface area contributed by atoms with Gasteiger partial charge in [0.1, 0.15) is 6.04 Å². The van der Waals surface area contributed by atoms with Gasteiger partial charge in [0, 0.05) is 25.8 Å². The highest BCUT2D eigenvalue weighted by molar-refractivity contribution is 8.00. The van der Waals surface area contributed by atoms with E-state index in [1.165, 1.54) is 23.6 Å².